The van der Waals surface area contributed by atoms with Gasteiger partial charge in [0.05, 0.1) is 18.4 Å². The quantitative estimate of drug-likeness (QED) is 0.546. The normalized spacial score (nSPS) is 18.5. The predicted molar refractivity (Wildman–Crippen MR) is 90.9 cm³/mol. The van der Waals surface area contributed by atoms with Crippen LogP contribution in [-0.2, 0) is 24.3 Å². The molecule has 9 heteroatoms. The average Bonchev–Trinajstić information content (AvgIpc) is 2.58. The fraction of sp³-hybridized carbons (Fsp3) is 0.733. The first kappa shape index (κ1) is 20.6. The van der Waals surface area contributed by atoms with Gasteiger partial charge in [0.15, 0.2) is 0 Å². The van der Waals surface area contributed by atoms with Crippen LogP contribution in [0.1, 0.15) is 12.8 Å². The van der Waals surface area contributed by atoms with Crippen LogP contribution in [0.5, 0.6) is 0 Å². The van der Waals surface area contributed by atoms with Crippen molar-refractivity contribution in [2.75, 3.05) is 54.0 Å². The van der Waals surface area contributed by atoms with Gasteiger partial charge in [0.2, 0.25) is 21.8 Å². The fourth-order valence-electron chi connectivity index (χ4n) is 2.55. The van der Waals surface area contributed by atoms with Gasteiger partial charge in [-0.1, -0.05) is 6.58 Å². The molecule has 2 amide bonds. The van der Waals surface area contributed by atoms with Gasteiger partial charge in [0, 0.05) is 40.8 Å². The van der Waals surface area contributed by atoms with E-state index in [0.717, 1.165) is 6.08 Å². The molecule has 1 unspecified atom stereocenters. The van der Waals surface area contributed by atoms with E-state index in [1.165, 1.54) is 35.3 Å². The topological polar surface area (TPSA) is 87.2 Å². The van der Waals surface area contributed by atoms with Crippen LogP contribution in [0.2, 0.25) is 0 Å². The van der Waals surface area contributed by atoms with Crippen molar-refractivity contribution in [1.29, 1.82) is 0 Å². The summed E-state index contributed by atoms with van der Waals surface area (Å²) in [6.45, 7) is 4.54. The minimum atomic E-state index is -3.49. The summed E-state index contributed by atoms with van der Waals surface area (Å²) in [5.74, 6) is -0.601. The zero-order chi connectivity index (χ0) is 18.3. The lowest BCUT2D eigenvalue weighted by atomic mass is 10.1. The number of ether oxygens (including phenoxy) is 1. The van der Waals surface area contributed by atoms with E-state index in [1.807, 2.05) is 0 Å². The van der Waals surface area contributed by atoms with E-state index in [2.05, 4.69) is 6.58 Å². The van der Waals surface area contributed by atoms with E-state index in [9.17, 15) is 18.0 Å². The lowest BCUT2D eigenvalue weighted by Gasteiger charge is -2.35. The van der Waals surface area contributed by atoms with Gasteiger partial charge < -0.3 is 14.5 Å². The van der Waals surface area contributed by atoms with E-state index >= 15 is 0 Å². The maximum atomic E-state index is 12.6. The van der Waals surface area contributed by atoms with Crippen LogP contribution in [0.3, 0.4) is 0 Å². The first-order chi connectivity index (χ1) is 11.2. The Labute approximate surface area is 144 Å². The number of hydrogen-bond donors (Lipinski definition) is 0. The summed E-state index contributed by atoms with van der Waals surface area (Å²) >= 11 is 0. The number of methoxy groups -OCH3 is 1. The second-order valence-electron chi connectivity index (χ2n) is 5.86. The highest BCUT2D eigenvalue weighted by Crippen LogP contribution is 2.20. The number of carbonyl (C=O) groups is 2. The molecule has 0 N–H and O–H groups in total. The van der Waals surface area contributed by atoms with Gasteiger partial charge in [-0.3, -0.25) is 9.59 Å². The molecule has 0 radical (unpaired) electrons. The summed E-state index contributed by atoms with van der Waals surface area (Å²) in [5.41, 5.74) is 0. The molecule has 24 heavy (non-hydrogen) atoms. The molecule has 138 valence electrons. The molecule has 0 aromatic carbocycles. The summed E-state index contributed by atoms with van der Waals surface area (Å²) in [6, 6.07) is 0. The Morgan fingerprint density at radius 3 is 2.62 bits per heavy atom. The summed E-state index contributed by atoms with van der Waals surface area (Å²) in [6.07, 6.45) is 2.28. The number of nitrogens with zero attached hydrogens (tertiary/aromatic N) is 3. The summed E-state index contributed by atoms with van der Waals surface area (Å²) in [5, 5.41) is -0.627. The van der Waals surface area contributed by atoms with E-state index in [1.54, 1.807) is 0 Å². The molecule has 8 nitrogen and oxygen atoms in total. The molecule has 1 heterocycles. The maximum Gasteiger partial charge on any atom is 0.246 e. The van der Waals surface area contributed by atoms with Gasteiger partial charge in [0.25, 0.3) is 0 Å². The molecule has 0 spiro atoms. The summed E-state index contributed by atoms with van der Waals surface area (Å²) < 4.78 is 31.4. The minimum absolute atomic E-state index is 0.0862. The Morgan fingerprint density at radius 2 is 2.04 bits per heavy atom. The average molecular weight is 361 g/mol. The van der Waals surface area contributed by atoms with Crippen molar-refractivity contribution in [2.24, 2.45) is 0 Å². The molecular weight excluding hydrogens is 334 g/mol. The second-order valence-corrected chi connectivity index (χ2v) is 8.18. The van der Waals surface area contributed by atoms with E-state index in [4.69, 9.17) is 4.74 Å². The van der Waals surface area contributed by atoms with Crippen LogP contribution in [0.15, 0.2) is 12.7 Å². The van der Waals surface area contributed by atoms with E-state index < -0.39 is 15.3 Å². The molecule has 1 saturated heterocycles. The van der Waals surface area contributed by atoms with Crippen LogP contribution in [0.25, 0.3) is 0 Å². The standard InChI is InChI=1S/C15H27N3O5S/c1-5-14(19)16(2)12-15(20)18-8-6-7-13(11-18)24(21,22)17(3)9-10-23-4/h5,13H,1,6-12H2,2-4H3. The highest BCUT2D eigenvalue weighted by molar-refractivity contribution is 7.89. The van der Waals surface area contributed by atoms with Gasteiger partial charge in [-0.25, -0.2) is 12.7 Å². The third kappa shape index (κ3) is 5.29. The van der Waals surface area contributed by atoms with Crippen molar-refractivity contribution in [3.8, 4) is 0 Å². The molecule has 1 rings (SSSR count). The number of likely N-dealkylation sites (N-methyl/N-ethyl adjacent to an activating group) is 2. The molecule has 1 fully saturated rings. The Morgan fingerprint density at radius 1 is 1.38 bits per heavy atom. The fourth-order valence-corrected chi connectivity index (χ4v) is 4.22. The first-order valence-corrected chi connectivity index (χ1v) is 9.33. The smallest absolute Gasteiger partial charge is 0.246 e. The van der Waals surface area contributed by atoms with Gasteiger partial charge >= 0.3 is 0 Å². The van der Waals surface area contributed by atoms with Gasteiger partial charge in [-0.05, 0) is 18.9 Å². The summed E-state index contributed by atoms with van der Waals surface area (Å²) in [7, 11) is 1.06. The molecule has 1 aliphatic heterocycles. The van der Waals surface area contributed by atoms with Crippen molar-refractivity contribution in [2.45, 2.75) is 18.1 Å². The maximum absolute atomic E-state index is 12.6. The monoisotopic (exact) mass is 361 g/mol. The lowest BCUT2D eigenvalue weighted by molar-refractivity contribution is -0.137. The van der Waals surface area contributed by atoms with Gasteiger partial charge in [0.1, 0.15) is 0 Å². The zero-order valence-corrected chi connectivity index (χ0v) is 15.4. The Hall–Kier alpha value is -1.45. The van der Waals surface area contributed by atoms with Crippen LogP contribution in [-0.4, -0.2) is 93.6 Å². The van der Waals surface area contributed by atoms with Crippen molar-refractivity contribution < 1.29 is 22.7 Å². The number of rotatable bonds is 8. The highest BCUT2D eigenvalue weighted by atomic mass is 32.2. The van der Waals surface area contributed by atoms with Crippen molar-refractivity contribution >= 4 is 21.8 Å². The number of likely N-dealkylation sites (tertiary alicyclic amines) is 1. The van der Waals surface area contributed by atoms with Gasteiger partial charge in [-0.15, -0.1) is 0 Å². The predicted octanol–water partition coefficient (Wildman–Crippen LogP) is -0.470. The van der Waals surface area contributed by atoms with E-state index in [0.29, 0.717) is 26.0 Å². The Balaban J connectivity index is 2.70. The van der Waals surface area contributed by atoms with Crippen LogP contribution >= 0.6 is 0 Å². The first-order valence-electron chi connectivity index (χ1n) is 7.83. The lowest BCUT2D eigenvalue weighted by Crippen LogP contribution is -2.51. The third-order valence-corrected chi connectivity index (χ3v) is 6.40. The van der Waals surface area contributed by atoms with Crippen molar-refractivity contribution in [1.82, 2.24) is 14.1 Å². The molecule has 0 aromatic heterocycles. The Kier molecular flexibility index (Phi) is 7.85. The molecule has 0 bridgehead atoms. The number of piperidine rings is 1. The largest absolute Gasteiger partial charge is 0.383 e. The number of hydrogen-bond acceptors (Lipinski definition) is 5. The minimum Gasteiger partial charge on any atom is -0.383 e. The number of amides is 2. The molecule has 0 saturated carbocycles. The molecule has 0 aliphatic carbocycles. The molecular formula is C15H27N3O5S. The zero-order valence-electron chi connectivity index (χ0n) is 14.6. The van der Waals surface area contributed by atoms with Gasteiger partial charge in [-0.2, -0.15) is 0 Å². The molecule has 1 aliphatic rings. The van der Waals surface area contributed by atoms with E-state index in [-0.39, 0.29) is 31.4 Å². The van der Waals surface area contributed by atoms with Crippen molar-refractivity contribution in [3.63, 3.8) is 0 Å². The summed E-state index contributed by atoms with van der Waals surface area (Å²) in [4.78, 5) is 26.6. The second kappa shape index (κ2) is 9.14. The highest BCUT2D eigenvalue weighted by Gasteiger charge is 2.35. The molecule has 0 aromatic rings. The number of sulfonamides is 1. The number of carbonyl (C=O) groups excluding carboxylic acids is 2. The Bertz CT molecular complexity index is 563. The third-order valence-electron chi connectivity index (χ3n) is 4.12. The van der Waals surface area contributed by atoms with Crippen LogP contribution in [0, 0.1) is 0 Å². The van der Waals surface area contributed by atoms with Crippen molar-refractivity contribution in [3.05, 3.63) is 12.7 Å². The SMILES string of the molecule is C=CC(=O)N(C)CC(=O)N1CCCC(S(=O)(=O)N(C)CCOC)C1. The molecule has 1 atom stereocenters. The van der Waals surface area contributed by atoms with Crippen LogP contribution < -0.4 is 0 Å². The van der Waals surface area contributed by atoms with Crippen LogP contribution in [0.4, 0.5) is 0 Å².